The highest BCUT2D eigenvalue weighted by atomic mass is 35.5. The molecule has 4 nitrogen and oxygen atoms in total. The Morgan fingerprint density at radius 2 is 2.10 bits per heavy atom. The second-order valence-electron chi connectivity index (χ2n) is 5.56. The van der Waals surface area contributed by atoms with Gasteiger partial charge < -0.3 is 10.2 Å². The van der Waals surface area contributed by atoms with Crippen LogP contribution in [0.25, 0.3) is 0 Å². The Labute approximate surface area is 127 Å². The lowest BCUT2D eigenvalue weighted by molar-refractivity contribution is -0.119. The molecule has 0 radical (unpaired) electrons. The number of nitrogens with one attached hydrogen (secondary N) is 1. The number of amides is 2. The molecule has 0 aromatic heterocycles. The Kier molecular flexibility index (Phi) is 3.38. The lowest BCUT2D eigenvalue weighted by Gasteiger charge is -2.22. The number of carbonyl (C=O) groups excluding carboxylic acids is 2. The zero-order chi connectivity index (χ0) is 14.3. The van der Waals surface area contributed by atoms with Gasteiger partial charge in [-0.3, -0.25) is 9.59 Å². The number of halogens is 2. The van der Waals surface area contributed by atoms with E-state index in [1.165, 1.54) is 0 Å². The molecule has 0 aliphatic carbocycles. The maximum atomic E-state index is 12.5. The van der Waals surface area contributed by atoms with Gasteiger partial charge in [0.15, 0.2) is 0 Å². The molecule has 1 spiro atoms. The highest BCUT2D eigenvalue weighted by Crippen LogP contribution is 2.37. The van der Waals surface area contributed by atoms with Crippen molar-refractivity contribution in [3.63, 3.8) is 0 Å². The Hall–Kier alpha value is -1.26. The summed E-state index contributed by atoms with van der Waals surface area (Å²) in [5.41, 5.74) is 0.455. The lowest BCUT2D eigenvalue weighted by atomic mass is 9.86. The fourth-order valence-corrected chi connectivity index (χ4v) is 3.26. The smallest absolute Gasteiger partial charge is 0.253 e. The topological polar surface area (TPSA) is 49.4 Å². The summed E-state index contributed by atoms with van der Waals surface area (Å²) in [4.78, 5) is 25.6. The van der Waals surface area contributed by atoms with Gasteiger partial charge in [0.1, 0.15) is 0 Å². The molecular weight excluding hydrogens is 299 g/mol. The van der Waals surface area contributed by atoms with Crippen LogP contribution in [0.15, 0.2) is 18.2 Å². The SMILES string of the molecule is O=C1CC2(CCN(C(=O)c3ccc(Cl)c(Cl)c3)C2)CN1. The molecule has 2 heterocycles. The molecule has 2 amide bonds. The van der Waals surface area contributed by atoms with Crippen LogP contribution in [-0.4, -0.2) is 36.3 Å². The van der Waals surface area contributed by atoms with Crippen molar-refractivity contribution < 1.29 is 9.59 Å². The van der Waals surface area contributed by atoms with Crippen LogP contribution in [0.2, 0.25) is 10.0 Å². The van der Waals surface area contributed by atoms with E-state index in [1.807, 2.05) is 0 Å². The van der Waals surface area contributed by atoms with Gasteiger partial charge in [-0.05, 0) is 24.6 Å². The number of carbonyl (C=O) groups is 2. The first-order valence-corrected chi connectivity index (χ1v) is 7.26. The van der Waals surface area contributed by atoms with Crippen LogP contribution in [0.1, 0.15) is 23.2 Å². The molecule has 0 bridgehead atoms. The zero-order valence-electron chi connectivity index (χ0n) is 10.8. The van der Waals surface area contributed by atoms with Crippen molar-refractivity contribution >= 4 is 35.0 Å². The molecule has 1 unspecified atom stereocenters. The van der Waals surface area contributed by atoms with Gasteiger partial charge in [-0.25, -0.2) is 0 Å². The summed E-state index contributed by atoms with van der Waals surface area (Å²) in [5, 5.41) is 3.67. The molecule has 1 N–H and O–H groups in total. The summed E-state index contributed by atoms with van der Waals surface area (Å²) < 4.78 is 0. The molecule has 2 aliphatic rings. The summed E-state index contributed by atoms with van der Waals surface area (Å²) in [5.74, 6) is 0.0219. The summed E-state index contributed by atoms with van der Waals surface area (Å²) in [7, 11) is 0. The van der Waals surface area contributed by atoms with Crippen molar-refractivity contribution in [3.8, 4) is 0 Å². The lowest BCUT2D eigenvalue weighted by Crippen LogP contribution is -2.33. The Bertz CT molecular complexity index is 591. The van der Waals surface area contributed by atoms with Crippen LogP contribution in [-0.2, 0) is 4.79 Å². The van der Waals surface area contributed by atoms with E-state index in [1.54, 1.807) is 23.1 Å². The van der Waals surface area contributed by atoms with E-state index < -0.39 is 0 Å². The van der Waals surface area contributed by atoms with E-state index in [0.29, 0.717) is 41.7 Å². The maximum Gasteiger partial charge on any atom is 0.253 e. The number of hydrogen-bond donors (Lipinski definition) is 1. The molecule has 0 saturated carbocycles. The molecule has 1 aromatic carbocycles. The maximum absolute atomic E-state index is 12.5. The highest BCUT2D eigenvalue weighted by molar-refractivity contribution is 6.42. The van der Waals surface area contributed by atoms with Gasteiger partial charge in [-0.1, -0.05) is 23.2 Å². The minimum absolute atomic E-state index is 0.0557. The molecule has 2 fully saturated rings. The van der Waals surface area contributed by atoms with Gasteiger partial charge in [0, 0.05) is 37.0 Å². The van der Waals surface area contributed by atoms with Crippen LogP contribution in [0.4, 0.5) is 0 Å². The molecule has 106 valence electrons. The number of likely N-dealkylation sites (tertiary alicyclic amines) is 1. The van der Waals surface area contributed by atoms with Gasteiger partial charge in [0.05, 0.1) is 10.0 Å². The summed E-state index contributed by atoms with van der Waals surface area (Å²) in [6.07, 6.45) is 1.37. The second kappa shape index (κ2) is 4.93. The van der Waals surface area contributed by atoms with E-state index in [2.05, 4.69) is 5.32 Å². The van der Waals surface area contributed by atoms with Crippen LogP contribution in [0, 0.1) is 5.41 Å². The van der Waals surface area contributed by atoms with E-state index >= 15 is 0 Å². The first-order valence-electron chi connectivity index (χ1n) is 6.50. The van der Waals surface area contributed by atoms with Crippen molar-refractivity contribution in [2.75, 3.05) is 19.6 Å². The molecule has 1 aromatic rings. The third-order valence-corrected chi connectivity index (χ3v) is 4.83. The van der Waals surface area contributed by atoms with Crippen molar-refractivity contribution in [3.05, 3.63) is 33.8 Å². The fraction of sp³-hybridized carbons (Fsp3) is 0.429. The van der Waals surface area contributed by atoms with Gasteiger partial charge >= 0.3 is 0 Å². The average molecular weight is 313 g/mol. The summed E-state index contributed by atoms with van der Waals surface area (Å²) >= 11 is 11.8. The summed E-state index contributed by atoms with van der Waals surface area (Å²) in [6, 6.07) is 4.90. The molecule has 6 heteroatoms. The molecular formula is C14H14Cl2N2O2. The Morgan fingerprint density at radius 1 is 1.30 bits per heavy atom. The van der Waals surface area contributed by atoms with Gasteiger partial charge in [0.2, 0.25) is 5.91 Å². The van der Waals surface area contributed by atoms with E-state index in [-0.39, 0.29) is 17.2 Å². The molecule has 2 saturated heterocycles. The van der Waals surface area contributed by atoms with Crippen LogP contribution in [0.3, 0.4) is 0 Å². The number of nitrogens with zero attached hydrogens (tertiary/aromatic N) is 1. The third-order valence-electron chi connectivity index (χ3n) is 4.09. The zero-order valence-corrected chi connectivity index (χ0v) is 12.3. The average Bonchev–Trinajstić information content (AvgIpc) is 2.99. The molecule has 2 aliphatic heterocycles. The monoisotopic (exact) mass is 312 g/mol. The van der Waals surface area contributed by atoms with E-state index in [0.717, 1.165) is 6.42 Å². The third kappa shape index (κ3) is 2.38. The first kappa shape index (κ1) is 13.7. The molecule has 1 atom stereocenters. The fourth-order valence-electron chi connectivity index (χ4n) is 2.96. The second-order valence-corrected chi connectivity index (χ2v) is 6.37. The van der Waals surface area contributed by atoms with Crippen LogP contribution in [0.5, 0.6) is 0 Å². The predicted octanol–water partition coefficient (Wildman–Crippen LogP) is 2.35. The summed E-state index contributed by atoms with van der Waals surface area (Å²) in [6.45, 7) is 1.95. The first-order chi connectivity index (χ1) is 9.49. The number of benzene rings is 1. The van der Waals surface area contributed by atoms with E-state index in [9.17, 15) is 9.59 Å². The van der Waals surface area contributed by atoms with Gasteiger partial charge in [-0.15, -0.1) is 0 Å². The van der Waals surface area contributed by atoms with Crippen LogP contribution >= 0.6 is 23.2 Å². The van der Waals surface area contributed by atoms with Gasteiger partial charge in [0.25, 0.3) is 5.91 Å². The van der Waals surface area contributed by atoms with Crippen molar-refractivity contribution in [1.82, 2.24) is 10.2 Å². The number of rotatable bonds is 1. The quantitative estimate of drug-likeness (QED) is 0.865. The van der Waals surface area contributed by atoms with Crippen molar-refractivity contribution in [1.29, 1.82) is 0 Å². The molecule has 20 heavy (non-hydrogen) atoms. The Balaban J connectivity index is 1.75. The van der Waals surface area contributed by atoms with Crippen LogP contribution < -0.4 is 5.32 Å². The number of hydrogen-bond acceptors (Lipinski definition) is 2. The minimum atomic E-state index is -0.0804. The van der Waals surface area contributed by atoms with Gasteiger partial charge in [-0.2, -0.15) is 0 Å². The normalized spacial score (nSPS) is 25.3. The minimum Gasteiger partial charge on any atom is -0.355 e. The Morgan fingerprint density at radius 3 is 2.75 bits per heavy atom. The highest BCUT2D eigenvalue weighted by Gasteiger charge is 2.45. The van der Waals surface area contributed by atoms with E-state index in [4.69, 9.17) is 23.2 Å². The van der Waals surface area contributed by atoms with Crippen molar-refractivity contribution in [2.45, 2.75) is 12.8 Å². The molecule has 3 rings (SSSR count). The predicted molar refractivity (Wildman–Crippen MR) is 77.0 cm³/mol. The standard InChI is InChI=1S/C14H14Cl2N2O2/c15-10-2-1-9(5-11(10)16)13(20)18-4-3-14(8-18)6-12(19)17-7-14/h1-2,5H,3-4,6-8H2,(H,17,19). The van der Waals surface area contributed by atoms with Crippen molar-refractivity contribution in [2.24, 2.45) is 5.41 Å². The largest absolute Gasteiger partial charge is 0.355 e.